The van der Waals surface area contributed by atoms with Crippen LogP contribution >= 0.6 is 0 Å². The molecule has 168 valence electrons. The lowest BCUT2D eigenvalue weighted by molar-refractivity contribution is -0.126. The molecule has 0 radical (unpaired) electrons. The van der Waals surface area contributed by atoms with Gasteiger partial charge in [0.1, 0.15) is 5.75 Å². The van der Waals surface area contributed by atoms with Gasteiger partial charge in [0.2, 0.25) is 27.6 Å². The number of sulfonamides is 1. The molecule has 1 unspecified atom stereocenters. The summed E-state index contributed by atoms with van der Waals surface area (Å²) in [5.74, 6) is 0.656. The molecule has 1 aromatic heterocycles. The first-order chi connectivity index (χ1) is 15.5. The lowest BCUT2D eigenvalue weighted by Gasteiger charge is -2.31. The van der Waals surface area contributed by atoms with Gasteiger partial charge in [0, 0.05) is 18.7 Å². The fourth-order valence-corrected chi connectivity index (χ4v) is 5.17. The number of hydrogen-bond acceptors (Lipinski definition) is 7. The number of amides is 1. The number of nitrogens with zero attached hydrogens (tertiary/aromatic N) is 3. The number of ether oxygens (including phenoxy) is 1. The molecule has 10 heteroatoms. The van der Waals surface area contributed by atoms with Gasteiger partial charge in [0.25, 0.3) is 0 Å². The second-order valence-electron chi connectivity index (χ2n) is 7.48. The molecule has 1 fully saturated rings. The molecule has 1 atom stereocenters. The molecule has 9 nitrogen and oxygen atoms in total. The van der Waals surface area contributed by atoms with E-state index < -0.39 is 15.9 Å². The van der Waals surface area contributed by atoms with Crippen molar-refractivity contribution in [1.29, 1.82) is 0 Å². The summed E-state index contributed by atoms with van der Waals surface area (Å²) in [6.07, 6.45) is 1.23. The molecule has 4 rings (SSSR count). The van der Waals surface area contributed by atoms with Gasteiger partial charge in [0.15, 0.2) is 0 Å². The normalized spacial score (nSPS) is 17.1. The van der Waals surface area contributed by atoms with Crippen molar-refractivity contribution >= 4 is 15.9 Å². The summed E-state index contributed by atoms with van der Waals surface area (Å²) in [7, 11) is -2.05. The van der Waals surface area contributed by atoms with Crippen LogP contribution in [0.1, 0.15) is 18.7 Å². The van der Waals surface area contributed by atoms with Crippen molar-refractivity contribution in [3.63, 3.8) is 0 Å². The number of benzene rings is 2. The van der Waals surface area contributed by atoms with E-state index in [1.54, 1.807) is 43.5 Å². The van der Waals surface area contributed by atoms with Gasteiger partial charge >= 0.3 is 0 Å². The summed E-state index contributed by atoms with van der Waals surface area (Å²) in [5, 5.41) is 6.74. The van der Waals surface area contributed by atoms with Gasteiger partial charge in [-0.2, -0.15) is 9.29 Å². The maximum Gasteiger partial charge on any atom is 0.246 e. The smallest absolute Gasteiger partial charge is 0.246 e. The van der Waals surface area contributed by atoms with Crippen molar-refractivity contribution < 1.29 is 22.5 Å². The van der Waals surface area contributed by atoms with Crippen LogP contribution in [-0.4, -0.2) is 49.0 Å². The van der Waals surface area contributed by atoms with Gasteiger partial charge in [-0.05, 0) is 37.1 Å². The van der Waals surface area contributed by atoms with Crippen molar-refractivity contribution in [2.45, 2.75) is 24.3 Å². The molecule has 1 N–H and O–H groups in total. The molecule has 2 aromatic carbocycles. The molecule has 3 aromatic rings. The Morgan fingerprint density at radius 1 is 1.22 bits per heavy atom. The predicted octanol–water partition coefficient (Wildman–Crippen LogP) is 2.46. The summed E-state index contributed by atoms with van der Waals surface area (Å²) in [6.45, 7) is 0.605. The largest absolute Gasteiger partial charge is 0.497 e. The topological polar surface area (TPSA) is 115 Å². The van der Waals surface area contributed by atoms with Crippen LogP contribution in [0.4, 0.5) is 0 Å². The fraction of sp³-hybridized carbons (Fsp3) is 0.318. The molecule has 2 heterocycles. The summed E-state index contributed by atoms with van der Waals surface area (Å²) in [6, 6.07) is 15.5. The van der Waals surface area contributed by atoms with Crippen molar-refractivity contribution in [1.82, 2.24) is 19.8 Å². The number of nitrogens with one attached hydrogen (secondary N) is 1. The van der Waals surface area contributed by atoms with E-state index in [1.165, 1.54) is 4.31 Å². The molecule has 32 heavy (non-hydrogen) atoms. The van der Waals surface area contributed by atoms with Crippen LogP contribution in [0.15, 0.2) is 64.0 Å². The SMILES string of the molecule is COc1cccc(-c2noc(CNC(=O)C3CCCN(S(=O)(=O)c4ccccc4)C3)n2)c1. The zero-order valence-electron chi connectivity index (χ0n) is 17.6. The van der Waals surface area contributed by atoms with Gasteiger partial charge in [-0.1, -0.05) is 35.5 Å². The summed E-state index contributed by atoms with van der Waals surface area (Å²) in [4.78, 5) is 17.2. The van der Waals surface area contributed by atoms with E-state index in [0.717, 1.165) is 5.56 Å². The highest BCUT2D eigenvalue weighted by Gasteiger charge is 2.33. The third-order valence-electron chi connectivity index (χ3n) is 5.35. The first-order valence-corrected chi connectivity index (χ1v) is 11.7. The third kappa shape index (κ3) is 4.81. The van der Waals surface area contributed by atoms with E-state index >= 15 is 0 Å². The standard InChI is InChI=1S/C22H24N4O5S/c1-30-18-9-5-7-16(13-18)21-24-20(31-25-21)14-23-22(27)17-8-6-12-26(15-17)32(28,29)19-10-3-2-4-11-19/h2-5,7,9-11,13,17H,6,8,12,14-15H2,1H3,(H,23,27). The monoisotopic (exact) mass is 456 g/mol. The molecule has 0 saturated carbocycles. The van der Waals surface area contributed by atoms with E-state index in [1.807, 2.05) is 18.2 Å². The van der Waals surface area contributed by atoms with Gasteiger partial charge in [-0.3, -0.25) is 4.79 Å². The van der Waals surface area contributed by atoms with Crippen molar-refractivity contribution in [2.24, 2.45) is 5.92 Å². The molecular formula is C22H24N4O5S. The number of carbonyl (C=O) groups excluding carboxylic acids is 1. The molecule has 0 aliphatic carbocycles. The zero-order valence-corrected chi connectivity index (χ0v) is 18.4. The number of piperidine rings is 1. The summed E-state index contributed by atoms with van der Waals surface area (Å²) >= 11 is 0. The Bertz CT molecular complexity index is 1180. The van der Waals surface area contributed by atoms with Crippen molar-refractivity contribution in [2.75, 3.05) is 20.2 Å². The summed E-state index contributed by atoms with van der Waals surface area (Å²) in [5.41, 5.74) is 0.736. The highest BCUT2D eigenvalue weighted by atomic mass is 32.2. The Kier molecular flexibility index (Phi) is 6.52. The highest BCUT2D eigenvalue weighted by molar-refractivity contribution is 7.89. The summed E-state index contributed by atoms with van der Waals surface area (Å²) < 4.78 is 37.6. The Balaban J connectivity index is 1.37. The van der Waals surface area contributed by atoms with Crippen LogP contribution in [0, 0.1) is 5.92 Å². The van der Waals surface area contributed by atoms with Crippen LogP contribution in [0.5, 0.6) is 5.75 Å². The second kappa shape index (κ2) is 9.49. The Morgan fingerprint density at radius 3 is 2.81 bits per heavy atom. The van der Waals surface area contributed by atoms with Gasteiger partial charge < -0.3 is 14.6 Å². The highest BCUT2D eigenvalue weighted by Crippen LogP contribution is 2.24. The van der Waals surface area contributed by atoms with Crippen molar-refractivity contribution in [3.8, 4) is 17.1 Å². The Hall–Kier alpha value is -3.24. The molecule has 1 aliphatic heterocycles. The van der Waals surface area contributed by atoms with E-state index in [4.69, 9.17) is 9.26 Å². The maximum absolute atomic E-state index is 12.9. The maximum atomic E-state index is 12.9. The Morgan fingerprint density at radius 2 is 2.03 bits per heavy atom. The molecule has 0 bridgehead atoms. The number of carbonyl (C=O) groups is 1. The molecule has 0 spiro atoms. The lowest BCUT2D eigenvalue weighted by atomic mass is 9.99. The third-order valence-corrected chi connectivity index (χ3v) is 7.23. The molecule has 1 amide bonds. The van der Waals surface area contributed by atoms with E-state index in [2.05, 4.69) is 15.5 Å². The van der Waals surface area contributed by atoms with E-state index in [9.17, 15) is 13.2 Å². The van der Waals surface area contributed by atoms with Gasteiger partial charge in [0.05, 0.1) is 24.5 Å². The number of rotatable bonds is 7. The average Bonchev–Trinajstić information content (AvgIpc) is 3.32. The van der Waals surface area contributed by atoms with Crippen LogP contribution in [0.3, 0.4) is 0 Å². The zero-order chi connectivity index (χ0) is 22.6. The van der Waals surface area contributed by atoms with Crippen molar-refractivity contribution in [3.05, 3.63) is 60.5 Å². The predicted molar refractivity (Wildman–Crippen MR) is 116 cm³/mol. The number of hydrogen-bond donors (Lipinski definition) is 1. The average molecular weight is 457 g/mol. The van der Waals surface area contributed by atoms with Crippen LogP contribution in [0.2, 0.25) is 0 Å². The van der Waals surface area contributed by atoms with E-state index in [0.29, 0.717) is 31.0 Å². The minimum absolute atomic E-state index is 0.0672. The fourth-order valence-electron chi connectivity index (χ4n) is 3.63. The first kappa shape index (κ1) is 22.0. The van der Waals surface area contributed by atoms with Crippen LogP contribution in [0.25, 0.3) is 11.4 Å². The number of aromatic nitrogens is 2. The van der Waals surface area contributed by atoms with Crippen LogP contribution in [-0.2, 0) is 21.4 Å². The first-order valence-electron chi connectivity index (χ1n) is 10.3. The minimum atomic E-state index is -3.63. The van der Waals surface area contributed by atoms with E-state index in [-0.39, 0.29) is 29.8 Å². The molecule has 1 saturated heterocycles. The van der Waals surface area contributed by atoms with Crippen LogP contribution < -0.4 is 10.1 Å². The molecule has 1 aliphatic rings. The number of methoxy groups -OCH3 is 1. The van der Waals surface area contributed by atoms with Gasteiger partial charge in [-0.15, -0.1) is 0 Å². The van der Waals surface area contributed by atoms with Gasteiger partial charge in [-0.25, -0.2) is 8.42 Å². The minimum Gasteiger partial charge on any atom is -0.497 e. The quantitative estimate of drug-likeness (QED) is 0.581. The molecular weight excluding hydrogens is 432 g/mol. The Labute approximate surface area is 186 Å². The second-order valence-corrected chi connectivity index (χ2v) is 9.41. The lowest BCUT2D eigenvalue weighted by Crippen LogP contribution is -2.45.